The highest BCUT2D eigenvalue weighted by Crippen LogP contribution is 2.27. The Hall–Kier alpha value is -2.65. The van der Waals surface area contributed by atoms with E-state index < -0.39 is 15.9 Å². The summed E-state index contributed by atoms with van der Waals surface area (Å²) in [5, 5.41) is 2.46. The maximum absolute atomic E-state index is 12.3. The van der Waals surface area contributed by atoms with E-state index in [4.69, 9.17) is 4.74 Å². The molecule has 9 heteroatoms. The van der Waals surface area contributed by atoms with Crippen LogP contribution in [0.5, 0.6) is 5.75 Å². The third-order valence-electron chi connectivity index (χ3n) is 3.19. The van der Waals surface area contributed by atoms with Crippen molar-refractivity contribution in [3.8, 4) is 5.75 Å². The first-order chi connectivity index (χ1) is 12.0. The van der Waals surface area contributed by atoms with Crippen LogP contribution in [0.3, 0.4) is 0 Å². The highest BCUT2D eigenvalue weighted by molar-refractivity contribution is 8.19. The number of hydrogen-bond donors (Lipinski definition) is 1. The Labute approximate surface area is 148 Å². The van der Waals surface area contributed by atoms with E-state index >= 15 is 0 Å². The average Bonchev–Trinajstić information content (AvgIpc) is 2.94. The van der Waals surface area contributed by atoms with E-state index in [9.17, 15) is 13.2 Å². The molecule has 0 atom stereocenters. The summed E-state index contributed by atoms with van der Waals surface area (Å²) in [6.07, 6.45) is 4.85. The van der Waals surface area contributed by atoms with Gasteiger partial charge in [-0.05, 0) is 53.7 Å². The second kappa shape index (κ2) is 7.08. The molecule has 0 aliphatic carbocycles. The largest absolute Gasteiger partial charge is 0.497 e. The van der Waals surface area contributed by atoms with Crippen LogP contribution in [0.4, 0.5) is 0 Å². The van der Waals surface area contributed by atoms with Gasteiger partial charge in [0.25, 0.3) is 15.9 Å². The minimum absolute atomic E-state index is 0.0101. The number of thioether (sulfide) groups is 1. The second-order valence-electron chi connectivity index (χ2n) is 4.90. The van der Waals surface area contributed by atoms with Crippen molar-refractivity contribution in [1.29, 1.82) is 0 Å². The molecule has 25 heavy (non-hydrogen) atoms. The highest BCUT2D eigenvalue weighted by Gasteiger charge is 2.26. The van der Waals surface area contributed by atoms with Crippen LogP contribution in [0.1, 0.15) is 5.56 Å². The molecule has 0 unspecified atom stereocenters. The fourth-order valence-corrected chi connectivity index (χ4v) is 3.98. The molecular weight excluding hydrogens is 362 g/mol. The number of carbonyl (C=O) groups excluding carboxylic acids is 1. The Bertz CT molecular complexity index is 953. The second-order valence-corrected chi connectivity index (χ2v) is 7.53. The Morgan fingerprint density at radius 2 is 2.00 bits per heavy atom. The molecule has 0 saturated carbocycles. The van der Waals surface area contributed by atoms with Crippen LogP contribution < -0.4 is 10.1 Å². The van der Waals surface area contributed by atoms with E-state index in [1.807, 2.05) is 0 Å². The van der Waals surface area contributed by atoms with Crippen LogP contribution in [-0.4, -0.2) is 31.6 Å². The predicted octanol–water partition coefficient (Wildman–Crippen LogP) is 2.04. The summed E-state index contributed by atoms with van der Waals surface area (Å²) >= 11 is 0.962. The zero-order valence-corrected chi connectivity index (χ0v) is 14.7. The van der Waals surface area contributed by atoms with Crippen LogP contribution in [-0.2, 0) is 14.8 Å². The molecule has 1 aromatic heterocycles. The lowest BCUT2D eigenvalue weighted by Crippen LogP contribution is -2.20. The number of amides is 1. The summed E-state index contributed by atoms with van der Waals surface area (Å²) in [4.78, 5) is 16.3. The van der Waals surface area contributed by atoms with Gasteiger partial charge in [-0.25, -0.2) is 0 Å². The number of sulfonamides is 1. The Balaban J connectivity index is 1.84. The van der Waals surface area contributed by atoms with Crippen LogP contribution in [0.15, 0.2) is 63.0 Å². The Kier molecular flexibility index (Phi) is 4.86. The maximum Gasteiger partial charge on any atom is 0.284 e. The van der Waals surface area contributed by atoms with Gasteiger partial charge in [0.1, 0.15) is 5.75 Å². The van der Waals surface area contributed by atoms with Gasteiger partial charge >= 0.3 is 0 Å². The van der Waals surface area contributed by atoms with E-state index in [-0.39, 0.29) is 10.1 Å². The number of rotatable bonds is 4. The number of carbonyl (C=O) groups is 1. The van der Waals surface area contributed by atoms with Gasteiger partial charge in [0.2, 0.25) is 0 Å². The highest BCUT2D eigenvalue weighted by atomic mass is 32.2. The van der Waals surface area contributed by atoms with Gasteiger partial charge in [0.15, 0.2) is 5.17 Å². The first-order valence-corrected chi connectivity index (χ1v) is 9.33. The minimum Gasteiger partial charge on any atom is -0.497 e. The fraction of sp³-hybridized carbons (Fsp3) is 0.0625. The molecule has 0 spiro atoms. The lowest BCUT2D eigenvalue weighted by molar-refractivity contribution is -0.115. The number of methoxy groups -OCH3 is 1. The predicted molar refractivity (Wildman–Crippen MR) is 95.6 cm³/mol. The van der Waals surface area contributed by atoms with E-state index in [0.29, 0.717) is 10.7 Å². The first kappa shape index (κ1) is 17.2. The molecule has 1 N–H and O–H groups in total. The first-order valence-electron chi connectivity index (χ1n) is 7.08. The smallest absolute Gasteiger partial charge is 0.284 e. The fourth-order valence-electron chi connectivity index (χ4n) is 1.99. The molecule has 2 heterocycles. The molecule has 1 fully saturated rings. The topological polar surface area (TPSA) is 97.7 Å². The van der Waals surface area contributed by atoms with Gasteiger partial charge in [-0.1, -0.05) is 6.07 Å². The van der Waals surface area contributed by atoms with Gasteiger partial charge in [-0.15, -0.1) is 4.40 Å². The number of nitrogens with one attached hydrogen (secondary N) is 1. The van der Waals surface area contributed by atoms with Crippen molar-refractivity contribution in [2.24, 2.45) is 4.40 Å². The van der Waals surface area contributed by atoms with Gasteiger partial charge < -0.3 is 4.74 Å². The summed E-state index contributed by atoms with van der Waals surface area (Å²) in [6.45, 7) is 0. The number of pyridine rings is 1. The molecule has 1 aliphatic rings. The average molecular weight is 375 g/mol. The lowest BCUT2D eigenvalue weighted by Gasteiger charge is -2.02. The number of aromatic nitrogens is 1. The van der Waals surface area contributed by atoms with Crippen molar-refractivity contribution in [2.45, 2.75) is 4.90 Å². The third-order valence-corrected chi connectivity index (χ3v) is 5.51. The summed E-state index contributed by atoms with van der Waals surface area (Å²) in [6, 6.07) is 9.38. The SMILES string of the molecule is COc1ccc(S(=O)(=O)N=C2NC(=O)C(=Cc3cccnc3)S2)cc1. The standard InChI is InChI=1S/C16H13N3O4S2/c1-23-12-4-6-13(7-5-12)25(21,22)19-16-18-15(20)14(24-16)9-11-3-2-8-17-10-11/h2-10H,1H3,(H,18,19,20). The van der Waals surface area contributed by atoms with Crippen molar-refractivity contribution in [3.63, 3.8) is 0 Å². The van der Waals surface area contributed by atoms with Crippen molar-refractivity contribution >= 4 is 38.9 Å². The van der Waals surface area contributed by atoms with Crippen LogP contribution in [0.25, 0.3) is 6.08 Å². The minimum atomic E-state index is -3.93. The van der Waals surface area contributed by atoms with Gasteiger partial charge in [-0.2, -0.15) is 8.42 Å². The molecule has 1 aliphatic heterocycles. The quantitative estimate of drug-likeness (QED) is 0.821. The Morgan fingerprint density at radius 1 is 1.24 bits per heavy atom. The molecular formula is C16H13N3O4S2. The zero-order chi connectivity index (χ0) is 17.9. The third kappa shape index (κ3) is 4.06. The van der Waals surface area contributed by atoms with Crippen molar-refractivity contribution in [2.75, 3.05) is 7.11 Å². The molecule has 0 bridgehead atoms. The summed E-state index contributed by atoms with van der Waals surface area (Å²) in [5.41, 5.74) is 0.736. The molecule has 7 nitrogen and oxygen atoms in total. The monoisotopic (exact) mass is 375 g/mol. The molecule has 2 aromatic rings. The van der Waals surface area contributed by atoms with E-state index in [0.717, 1.165) is 17.3 Å². The van der Waals surface area contributed by atoms with Gasteiger partial charge in [-0.3, -0.25) is 15.1 Å². The van der Waals surface area contributed by atoms with Crippen LogP contribution >= 0.6 is 11.8 Å². The molecule has 1 amide bonds. The number of amidine groups is 1. The van der Waals surface area contributed by atoms with E-state index in [1.54, 1.807) is 30.6 Å². The van der Waals surface area contributed by atoms with Crippen LogP contribution in [0.2, 0.25) is 0 Å². The Morgan fingerprint density at radius 3 is 2.64 bits per heavy atom. The summed E-state index contributed by atoms with van der Waals surface area (Å²) in [5.74, 6) is 0.134. The van der Waals surface area contributed by atoms with Crippen molar-refractivity contribution in [3.05, 3.63) is 59.3 Å². The van der Waals surface area contributed by atoms with Gasteiger partial charge in [0, 0.05) is 12.4 Å². The summed E-state index contributed by atoms with van der Waals surface area (Å²) in [7, 11) is -2.44. The van der Waals surface area contributed by atoms with Crippen LogP contribution in [0, 0.1) is 0 Å². The van der Waals surface area contributed by atoms with Gasteiger partial charge in [0.05, 0.1) is 16.9 Å². The molecule has 0 radical (unpaired) electrons. The van der Waals surface area contributed by atoms with E-state index in [1.165, 1.54) is 31.4 Å². The number of hydrogen-bond acceptors (Lipinski definition) is 6. The molecule has 1 saturated heterocycles. The number of benzene rings is 1. The normalized spacial score (nSPS) is 17.7. The lowest BCUT2D eigenvalue weighted by atomic mass is 10.2. The maximum atomic E-state index is 12.3. The number of ether oxygens (including phenoxy) is 1. The van der Waals surface area contributed by atoms with Crippen molar-refractivity contribution in [1.82, 2.24) is 10.3 Å². The van der Waals surface area contributed by atoms with E-state index in [2.05, 4.69) is 14.7 Å². The van der Waals surface area contributed by atoms with Crippen molar-refractivity contribution < 1.29 is 17.9 Å². The molecule has 1 aromatic carbocycles. The molecule has 128 valence electrons. The number of nitrogens with zero attached hydrogens (tertiary/aromatic N) is 2. The molecule has 3 rings (SSSR count). The summed E-state index contributed by atoms with van der Waals surface area (Å²) < 4.78 is 33.4. The zero-order valence-electron chi connectivity index (χ0n) is 13.0.